The lowest BCUT2D eigenvalue weighted by atomic mass is 10.0. The summed E-state index contributed by atoms with van der Waals surface area (Å²) in [5, 5.41) is 0.594. The molecule has 1 aromatic rings. The van der Waals surface area contributed by atoms with Crippen LogP contribution in [0.3, 0.4) is 0 Å². The molecule has 2 unspecified atom stereocenters. The fourth-order valence-corrected chi connectivity index (χ4v) is 3.12. The first kappa shape index (κ1) is 13.4. The number of halogens is 1. The summed E-state index contributed by atoms with van der Waals surface area (Å²) >= 11 is 5.92. The molecular weight excluding hydrogens is 250 g/mol. The summed E-state index contributed by atoms with van der Waals surface area (Å²) in [6, 6.07) is 1.98. The first-order valence-corrected chi connectivity index (χ1v) is 6.71. The molecule has 18 heavy (non-hydrogen) atoms. The molecule has 1 aliphatic rings. The van der Waals surface area contributed by atoms with Gasteiger partial charge in [0, 0.05) is 26.3 Å². The SMILES string of the molecule is CN(C(=O)c1cc(Cl)cn1C)C1CCCC1CN. The average Bonchev–Trinajstić information content (AvgIpc) is 2.93. The first-order chi connectivity index (χ1) is 8.54. The Kier molecular flexibility index (Phi) is 3.97. The lowest BCUT2D eigenvalue weighted by molar-refractivity contribution is 0.0690. The summed E-state index contributed by atoms with van der Waals surface area (Å²) in [6.07, 6.45) is 5.06. The summed E-state index contributed by atoms with van der Waals surface area (Å²) in [6.45, 7) is 0.649. The standard InChI is InChI=1S/C13H20ClN3O/c1-16-8-10(14)6-12(16)13(18)17(2)11-5-3-4-9(11)7-15/h6,8-9,11H,3-5,7,15H2,1-2H3. The van der Waals surface area contributed by atoms with Crippen LogP contribution in [0.25, 0.3) is 0 Å². The number of hydrogen-bond donors (Lipinski definition) is 1. The molecule has 0 radical (unpaired) electrons. The number of carbonyl (C=O) groups excluding carboxylic acids is 1. The quantitative estimate of drug-likeness (QED) is 0.911. The van der Waals surface area contributed by atoms with Gasteiger partial charge in [-0.15, -0.1) is 0 Å². The molecule has 0 aromatic carbocycles. The van der Waals surface area contributed by atoms with E-state index in [1.165, 1.54) is 0 Å². The van der Waals surface area contributed by atoms with Crippen molar-refractivity contribution in [2.45, 2.75) is 25.3 Å². The largest absolute Gasteiger partial charge is 0.345 e. The number of aromatic nitrogens is 1. The Balaban J connectivity index is 2.16. The third-order valence-electron chi connectivity index (χ3n) is 3.93. The molecule has 0 spiro atoms. The van der Waals surface area contributed by atoms with Crippen LogP contribution in [-0.2, 0) is 7.05 Å². The zero-order chi connectivity index (χ0) is 13.3. The van der Waals surface area contributed by atoms with E-state index in [0.29, 0.717) is 23.2 Å². The zero-order valence-electron chi connectivity index (χ0n) is 10.9. The van der Waals surface area contributed by atoms with E-state index in [1.54, 1.807) is 16.8 Å². The summed E-state index contributed by atoms with van der Waals surface area (Å²) in [7, 11) is 3.70. The van der Waals surface area contributed by atoms with Gasteiger partial charge >= 0.3 is 0 Å². The van der Waals surface area contributed by atoms with Gasteiger partial charge in [-0.25, -0.2) is 0 Å². The molecule has 1 amide bonds. The molecule has 2 rings (SSSR count). The van der Waals surface area contributed by atoms with Crippen molar-refractivity contribution in [2.24, 2.45) is 18.7 Å². The van der Waals surface area contributed by atoms with E-state index >= 15 is 0 Å². The van der Waals surface area contributed by atoms with Crippen molar-refractivity contribution in [3.05, 3.63) is 23.0 Å². The highest BCUT2D eigenvalue weighted by Crippen LogP contribution is 2.29. The van der Waals surface area contributed by atoms with Gasteiger partial charge in [0.15, 0.2) is 0 Å². The van der Waals surface area contributed by atoms with Crippen molar-refractivity contribution in [1.82, 2.24) is 9.47 Å². The van der Waals surface area contributed by atoms with Crippen LogP contribution in [0.1, 0.15) is 29.8 Å². The number of nitrogens with zero attached hydrogens (tertiary/aromatic N) is 2. The molecule has 1 saturated carbocycles. The van der Waals surface area contributed by atoms with Crippen molar-refractivity contribution in [3.8, 4) is 0 Å². The summed E-state index contributed by atoms with van der Waals surface area (Å²) in [5.41, 5.74) is 6.40. The first-order valence-electron chi connectivity index (χ1n) is 6.33. The fourth-order valence-electron chi connectivity index (χ4n) is 2.87. The van der Waals surface area contributed by atoms with E-state index in [0.717, 1.165) is 19.3 Å². The molecule has 1 aliphatic carbocycles. The molecule has 2 N–H and O–H groups in total. The van der Waals surface area contributed by atoms with Gasteiger partial charge in [-0.05, 0) is 31.4 Å². The molecule has 0 saturated heterocycles. The highest BCUT2D eigenvalue weighted by atomic mass is 35.5. The average molecular weight is 270 g/mol. The normalized spacial score (nSPS) is 23.3. The smallest absolute Gasteiger partial charge is 0.270 e. The van der Waals surface area contributed by atoms with Crippen molar-refractivity contribution < 1.29 is 4.79 Å². The van der Waals surface area contributed by atoms with Crippen LogP contribution in [0, 0.1) is 5.92 Å². The maximum Gasteiger partial charge on any atom is 0.270 e. The van der Waals surface area contributed by atoms with Crippen LogP contribution in [0.4, 0.5) is 0 Å². The molecule has 1 heterocycles. The van der Waals surface area contributed by atoms with Gasteiger partial charge in [-0.3, -0.25) is 4.79 Å². The van der Waals surface area contributed by atoms with E-state index in [2.05, 4.69) is 0 Å². The molecule has 1 aromatic heterocycles. The second kappa shape index (κ2) is 5.33. The van der Waals surface area contributed by atoms with Crippen molar-refractivity contribution in [1.29, 1.82) is 0 Å². The number of rotatable bonds is 3. The summed E-state index contributed by atoms with van der Waals surface area (Å²) < 4.78 is 1.77. The molecule has 1 fully saturated rings. The Morgan fingerprint density at radius 3 is 2.89 bits per heavy atom. The van der Waals surface area contributed by atoms with Crippen LogP contribution in [0.15, 0.2) is 12.3 Å². The number of aryl methyl sites for hydroxylation is 1. The third kappa shape index (κ3) is 2.40. The van der Waals surface area contributed by atoms with Crippen LogP contribution in [-0.4, -0.2) is 35.0 Å². The van der Waals surface area contributed by atoms with Gasteiger partial charge in [-0.1, -0.05) is 18.0 Å². The minimum atomic E-state index is 0.0229. The van der Waals surface area contributed by atoms with E-state index in [-0.39, 0.29) is 11.9 Å². The Morgan fingerprint density at radius 1 is 1.61 bits per heavy atom. The van der Waals surface area contributed by atoms with E-state index in [9.17, 15) is 4.79 Å². The number of carbonyl (C=O) groups is 1. The monoisotopic (exact) mass is 269 g/mol. The highest BCUT2D eigenvalue weighted by Gasteiger charge is 2.32. The molecule has 5 heteroatoms. The van der Waals surface area contributed by atoms with E-state index in [1.807, 2.05) is 19.0 Å². The Bertz CT molecular complexity index is 443. The number of nitrogens with two attached hydrogens (primary N) is 1. The maximum atomic E-state index is 12.4. The molecule has 4 nitrogen and oxygen atoms in total. The topological polar surface area (TPSA) is 51.3 Å². The highest BCUT2D eigenvalue weighted by molar-refractivity contribution is 6.31. The molecular formula is C13H20ClN3O. The van der Waals surface area contributed by atoms with Gasteiger partial charge in [-0.2, -0.15) is 0 Å². The minimum Gasteiger partial charge on any atom is -0.345 e. The number of amides is 1. The van der Waals surface area contributed by atoms with Gasteiger partial charge in [0.2, 0.25) is 0 Å². The second-order valence-corrected chi connectivity index (χ2v) is 5.50. The van der Waals surface area contributed by atoms with Crippen molar-refractivity contribution >= 4 is 17.5 Å². The summed E-state index contributed by atoms with van der Waals surface area (Å²) in [4.78, 5) is 14.3. The molecule has 100 valence electrons. The minimum absolute atomic E-state index is 0.0229. The van der Waals surface area contributed by atoms with Crippen LogP contribution in [0.2, 0.25) is 5.02 Å². The van der Waals surface area contributed by atoms with Gasteiger partial charge < -0.3 is 15.2 Å². The summed E-state index contributed by atoms with van der Waals surface area (Å²) in [5.74, 6) is 0.449. The predicted octanol–water partition coefficient (Wildman–Crippen LogP) is 1.88. The molecule has 2 atom stereocenters. The Hall–Kier alpha value is -1.00. The fraction of sp³-hybridized carbons (Fsp3) is 0.615. The lowest BCUT2D eigenvalue weighted by Crippen LogP contribution is -2.42. The van der Waals surface area contributed by atoms with Crippen molar-refractivity contribution in [3.63, 3.8) is 0 Å². The van der Waals surface area contributed by atoms with E-state index < -0.39 is 0 Å². The maximum absolute atomic E-state index is 12.4. The van der Waals surface area contributed by atoms with Gasteiger partial charge in [0.25, 0.3) is 5.91 Å². The second-order valence-electron chi connectivity index (χ2n) is 5.06. The van der Waals surface area contributed by atoms with E-state index in [4.69, 9.17) is 17.3 Å². The predicted molar refractivity (Wildman–Crippen MR) is 72.7 cm³/mol. The van der Waals surface area contributed by atoms with Crippen LogP contribution < -0.4 is 5.73 Å². The van der Waals surface area contributed by atoms with Crippen molar-refractivity contribution in [2.75, 3.05) is 13.6 Å². The molecule has 0 aliphatic heterocycles. The van der Waals surface area contributed by atoms with Gasteiger partial charge in [0.1, 0.15) is 5.69 Å². The Labute approximate surface area is 113 Å². The molecule has 0 bridgehead atoms. The zero-order valence-corrected chi connectivity index (χ0v) is 11.7. The number of hydrogen-bond acceptors (Lipinski definition) is 2. The lowest BCUT2D eigenvalue weighted by Gasteiger charge is -2.29. The third-order valence-corrected chi connectivity index (χ3v) is 4.14. The van der Waals surface area contributed by atoms with Crippen LogP contribution >= 0.6 is 11.6 Å². The Morgan fingerprint density at radius 2 is 2.33 bits per heavy atom. The van der Waals surface area contributed by atoms with Crippen LogP contribution in [0.5, 0.6) is 0 Å². The van der Waals surface area contributed by atoms with Gasteiger partial charge in [0.05, 0.1) is 5.02 Å².